The SMILES string of the molecule is CCN(CCC(=O)O)C(C)c1ccccc1Cl. The van der Waals surface area contributed by atoms with Crippen molar-refractivity contribution >= 4 is 17.6 Å². The molecule has 0 heterocycles. The zero-order valence-electron chi connectivity index (χ0n) is 10.2. The summed E-state index contributed by atoms with van der Waals surface area (Å²) in [6, 6.07) is 7.82. The molecule has 1 aromatic carbocycles. The molecule has 0 saturated heterocycles. The predicted molar refractivity (Wildman–Crippen MR) is 69.4 cm³/mol. The van der Waals surface area contributed by atoms with Crippen LogP contribution in [0.15, 0.2) is 24.3 Å². The fourth-order valence-electron chi connectivity index (χ4n) is 1.88. The number of benzene rings is 1. The maximum atomic E-state index is 10.6. The second-order valence-corrected chi connectivity index (χ2v) is 4.38. The van der Waals surface area contributed by atoms with E-state index < -0.39 is 5.97 Å². The first-order chi connectivity index (χ1) is 8.06. The van der Waals surface area contributed by atoms with Crippen LogP contribution in [0, 0.1) is 0 Å². The van der Waals surface area contributed by atoms with Crippen LogP contribution in [-0.4, -0.2) is 29.1 Å². The number of carboxylic acids is 1. The zero-order valence-corrected chi connectivity index (χ0v) is 10.9. The largest absolute Gasteiger partial charge is 0.481 e. The predicted octanol–water partition coefficient (Wildman–Crippen LogP) is 3.20. The maximum absolute atomic E-state index is 10.6. The van der Waals surface area contributed by atoms with E-state index in [-0.39, 0.29) is 12.5 Å². The normalized spacial score (nSPS) is 12.7. The van der Waals surface area contributed by atoms with E-state index in [4.69, 9.17) is 16.7 Å². The molecule has 1 N–H and O–H groups in total. The van der Waals surface area contributed by atoms with Gasteiger partial charge in [-0.05, 0) is 25.1 Å². The standard InChI is InChI=1S/C13H18ClNO2/c1-3-15(9-8-13(16)17)10(2)11-6-4-5-7-12(11)14/h4-7,10H,3,8-9H2,1-2H3,(H,16,17). The van der Waals surface area contributed by atoms with Gasteiger partial charge in [0.2, 0.25) is 0 Å². The van der Waals surface area contributed by atoms with Crippen molar-refractivity contribution in [2.45, 2.75) is 26.3 Å². The first-order valence-corrected chi connectivity index (χ1v) is 6.14. The summed E-state index contributed by atoms with van der Waals surface area (Å²) in [5.74, 6) is -0.769. The van der Waals surface area contributed by atoms with Gasteiger partial charge < -0.3 is 5.11 Å². The zero-order chi connectivity index (χ0) is 12.8. The lowest BCUT2D eigenvalue weighted by atomic mass is 10.1. The van der Waals surface area contributed by atoms with Crippen LogP contribution in [0.25, 0.3) is 0 Å². The fraction of sp³-hybridized carbons (Fsp3) is 0.462. The molecule has 0 spiro atoms. The molecule has 17 heavy (non-hydrogen) atoms. The Morgan fingerprint density at radius 1 is 1.47 bits per heavy atom. The molecule has 0 fully saturated rings. The van der Waals surface area contributed by atoms with Crippen molar-refractivity contribution in [3.63, 3.8) is 0 Å². The van der Waals surface area contributed by atoms with Gasteiger partial charge in [-0.15, -0.1) is 0 Å². The van der Waals surface area contributed by atoms with Crippen molar-refractivity contribution < 1.29 is 9.90 Å². The van der Waals surface area contributed by atoms with Gasteiger partial charge >= 0.3 is 5.97 Å². The lowest BCUT2D eigenvalue weighted by Gasteiger charge is -2.28. The topological polar surface area (TPSA) is 40.5 Å². The molecule has 1 unspecified atom stereocenters. The molecule has 3 nitrogen and oxygen atoms in total. The maximum Gasteiger partial charge on any atom is 0.304 e. The summed E-state index contributed by atoms with van der Waals surface area (Å²) >= 11 is 6.14. The molecule has 0 aliphatic rings. The average molecular weight is 256 g/mol. The minimum atomic E-state index is -0.769. The highest BCUT2D eigenvalue weighted by atomic mass is 35.5. The molecular formula is C13H18ClNO2. The molecule has 1 atom stereocenters. The summed E-state index contributed by atoms with van der Waals surface area (Å²) in [5.41, 5.74) is 1.04. The molecule has 0 radical (unpaired) electrons. The summed E-state index contributed by atoms with van der Waals surface area (Å²) in [4.78, 5) is 12.7. The number of carbonyl (C=O) groups is 1. The highest BCUT2D eigenvalue weighted by Crippen LogP contribution is 2.26. The van der Waals surface area contributed by atoms with Crippen LogP contribution in [-0.2, 0) is 4.79 Å². The van der Waals surface area contributed by atoms with Crippen LogP contribution in [0.2, 0.25) is 5.02 Å². The third-order valence-electron chi connectivity index (χ3n) is 2.92. The number of hydrogen-bond donors (Lipinski definition) is 1. The molecule has 0 amide bonds. The lowest BCUT2D eigenvalue weighted by Crippen LogP contribution is -2.29. The molecule has 0 saturated carbocycles. The van der Waals surface area contributed by atoms with Gasteiger partial charge in [-0.3, -0.25) is 9.69 Å². The molecule has 0 aromatic heterocycles. The summed E-state index contributed by atoms with van der Waals surface area (Å²) in [6.45, 7) is 5.42. The first kappa shape index (κ1) is 14.0. The van der Waals surface area contributed by atoms with Gasteiger partial charge in [0.05, 0.1) is 6.42 Å². The molecule has 0 bridgehead atoms. The van der Waals surface area contributed by atoms with Gasteiger partial charge in [0.1, 0.15) is 0 Å². The Kier molecular flexibility index (Phi) is 5.45. The highest BCUT2D eigenvalue weighted by molar-refractivity contribution is 6.31. The number of halogens is 1. The van der Waals surface area contributed by atoms with Gasteiger partial charge in [-0.2, -0.15) is 0 Å². The Labute approximate surface area is 107 Å². The van der Waals surface area contributed by atoms with Gasteiger partial charge in [0.15, 0.2) is 0 Å². The second-order valence-electron chi connectivity index (χ2n) is 3.97. The third-order valence-corrected chi connectivity index (χ3v) is 3.27. The number of aliphatic carboxylic acids is 1. The van der Waals surface area contributed by atoms with E-state index in [9.17, 15) is 4.79 Å². The number of rotatable bonds is 6. The van der Waals surface area contributed by atoms with Crippen molar-refractivity contribution in [3.8, 4) is 0 Å². The molecule has 0 aliphatic heterocycles. The monoisotopic (exact) mass is 255 g/mol. The van der Waals surface area contributed by atoms with E-state index >= 15 is 0 Å². The van der Waals surface area contributed by atoms with Gasteiger partial charge in [-0.1, -0.05) is 36.7 Å². The Balaban J connectivity index is 2.75. The van der Waals surface area contributed by atoms with Crippen molar-refractivity contribution in [1.82, 2.24) is 4.90 Å². The molecule has 0 aliphatic carbocycles. The molecule has 4 heteroatoms. The summed E-state index contributed by atoms with van der Waals surface area (Å²) in [5, 5.41) is 9.44. The molecular weight excluding hydrogens is 238 g/mol. The second kappa shape index (κ2) is 6.62. The smallest absolute Gasteiger partial charge is 0.304 e. The minimum absolute atomic E-state index is 0.132. The Hall–Kier alpha value is -1.06. The number of carboxylic acid groups (broad SMARTS) is 1. The van der Waals surface area contributed by atoms with E-state index in [0.29, 0.717) is 6.54 Å². The number of nitrogens with zero attached hydrogens (tertiary/aromatic N) is 1. The molecule has 1 rings (SSSR count). The quantitative estimate of drug-likeness (QED) is 0.849. The van der Waals surface area contributed by atoms with E-state index in [1.54, 1.807) is 0 Å². The summed E-state index contributed by atoms with van der Waals surface area (Å²) in [6.07, 6.45) is 0.155. The molecule has 94 valence electrons. The lowest BCUT2D eigenvalue weighted by molar-refractivity contribution is -0.137. The van der Waals surface area contributed by atoms with Crippen molar-refractivity contribution in [2.24, 2.45) is 0 Å². The fourth-order valence-corrected chi connectivity index (χ4v) is 2.17. The van der Waals surface area contributed by atoms with Crippen LogP contribution < -0.4 is 0 Å². The van der Waals surface area contributed by atoms with Crippen LogP contribution in [0.5, 0.6) is 0 Å². The Morgan fingerprint density at radius 2 is 2.12 bits per heavy atom. The van der Waals surface area contributed by atoms with Crippen LogP contribution >= 0.6 is 11.6 Å². The van der Waals surface area contributed by atoms with Gasteiger partial charge in [0, 0.05) is 17.6 Å². The van der Waals surface area contributed by atoms with Crippen molar-refractivity contribution in [2.75, 3.05) is 13.1 Å². The highest BCUT2D eigenvalue weighted by Gasteiger charge is 2.16. The first-order valence-electron chi connectivity index (χ1n) is 5.76. The van der Waals surface area contributed by atoms with Gasteiger partial charge in [-0.25, -0.2) is 0 Å². The summed E-state index contributed by atoms with van der Waals surface area (Å²) < 4.78 is 0. The van der Waals surface area contributed by atoms with E-state index in [1.807, 2.05) is 38.1 Å². The van der Waals surface area contributed by atoms with Crippen molar-refractivity contribution in [3.05, 3.63) is 34.9 Å². The summed E-state index contributed by atoms with van der Waals surface area (Å²) in [7, 11) is 0. The Morgan fingerprint density at radius 3 is 2.65 bits per heavy atom. The molecule has 1 aromatic rings. The van der Waals surface area contributed by atoms with Gasteiger partial charge in [0.25, 0.3) is 0 Å². The third kappa shape index (κ3) is 4.02. The van der Waals surface area contributed by atoms with Crippen molar-refractivity contribution in [1.29, 1.82) is 0 Å². The number of hydrogen-bond acceptors (Lipinski definition) is 2. The van der Waals surface area contributed by atoms with E-state index in [2.05, 4.69) is 4.90 Å². The van der Waals surface area contributed by atoms with E-state index in [0.717, 1.165) is 17.1 Å². The van der Waals surface area contributed by atoms with Crippen LogP contribution in [0.4, 0.5) is 0 Å². The Bertz CT molecular complexity index is 381. The average Bonchev–Trinajstić information content (AvgIpc) is 2.29. The van der Waals surface area contributed by atoms with Crippen LogP contribution in [0.3, 0.4) is 0 Å². The van der Waals surface area contributed by atoms with Crippen LogP contribution in [0.1, 0.15) is 31.9 Å². The minimum Gasteiger partial charge on any atom is -0.481 e. The van der Waals surface area contributed by atoms with E-state index in [1.165, 1.54) is 0 Å².